The van der Waals surface area contributed by atoms with Crippen LogP contribution in [0.3, 0.4) is 0 Å². The van der Waals surface area contributed by atoms with Crippen molar-refractivity contribution >= 4 is 63.9 Å². The van der Waals surface area contributed by atoms with Crippen LogP contribution < -0.4 is 20.0 Å². The molecule has 1 N–H and O–H groups in total. The molecule has 3 aromatic carbocycles. The first-order valence-corrected chi connectivity index (χ1v) is 16.8. The first-order chi connectivity index (χ1) is 23.3. The zero-order valence-corrected chi connectivity index (χ0v) is 27.9. The molecule has 3 heterocycles. The number of alkyl halides is 3. The van der Waals surface area contributed by atoms with Crippen LogP contribution in [0.4, 0.5) is 30.2 Å². The summed E-state index contributed by atoms with van der Waals surface area (Å²) in [5, 5.41) is 1.57. The third-order valence-electron chi connectivity index (χ3n) is 8.26. The Morgan fingerprint density at radius 3 is 2.24 bits per heavy atom. The maximum Gasteiger partial charge on any atom is 0.418 e. The molecule has 254 valence electrons. The number of carbonyl (C=O) groups excluding carboxylic acids is 4. The van der Waals surface area contributed by atoms with Crippen LogP contribution in [-0.4, -0.2) is 54.2 Å². The van der Waals surface area contributed by atoms with Gasteiger partial charge in [0.15, 0.2) is 0 Å². The summed E-state index contributed by atoms with van der Waals surface area (Å²) in [6, 6.07) is 17.8. The minimum atomic E-state index is -4.72. The molecule has 1 aromatic heterocycles. The van der Waals surface area contributed by atoms with Crippen molar-refractivity contribution in [2.75, 3.05) is 35.8 Å². The van der Waals surface area contributed by atoms with Crippen molar-refractivity contribution in [3.05, 3.63) is 104 Å². The molecule has 0 saturated carbocycles. The number of thiazole rings is 1. The lowest BCUT2D eigenvalue weighted by atomic mass is 9.83. The molecule has 0 aliphatic carbocycles. The van der Waals surface area contributed by atoms with E-state index in [0.717, 1.165) is 50.4 Å². The van der Waals surface area contributed by atoms with Crippen molar-refractivity contribution in [1.29, 1.82) is 0 Å². The summed E-state index contributed by atoms with van der Waals surface area (Å²) in [5.41, 5.74) is 0.557. The fourth-order valence-corrected chi connectivity index (χ4v) is 8.76. The maximum atomic E-state index is 14.2. The van der Waals surface area contributed by atoms with Gasteiger partial charge in [0.2, 0.25) is 17.7 Å². The minimum absolute atomic E-state index is 0.179. The second-order valence-electron chi connectivity index (χ2n) is 11.5. The van der Waals surface area contributed by atoms with E-state index >= 15 is 0 Å². The Labute approximate surface area is 286 Å². The maximum absolute atomic E-state index is 14.2. The first kappa shape index (κ1) is 34.0. The number of esters is 1. The number of halogens is 3. The van der Waals surface area contributed by atoms with E-state index in [2.05, 4.69) is 5.32 Å². The van der Waals surface area contributed by atoms with E-state index in [1.165, 1.54) is 36.4 Å². The Hall–Kier alpha value is -4.89. The van der Waals surface area contributed by atoms with Crippen LogP contribution in [-0.2, 0) is 31.8 Å². The number of benzene rings is 3. The van der Waals surface area contributed by atoms with Crippen LogP contribution in [0, 0.1) is 5.92 Å². The molecule has 49 heavy (non-hydrogen) atoms. The molecular weight excluding hydrogens is 682 g/mol. The fourth-order valence-electron chi connectivity index (χ4n) is 5.98. The van der Waals surface area contributed by atoms with E-state index in [1.807, 2.05) is 43.3 Å². The van der Waals surface area contributed by atoms with Crippen LogP contribution >= 0.6 is 23.1 Å². The molecule has 4 aromatic rings. The summed E-state index contributed by atoms with van der Waals surface area (Å²) < 4.78 is 46.9. The highest BCUT2D eigenvalue weighted by atomic mass is 32.2. The van der Waals surface area contributed by atoms with Gasteiger partial charge in [-0.25, -0.2) is 9.69 Å². The molecule has 0 radical (unpaired) electrons. The summed E-state index contributed by atoms with van der Waals surface area (Å²) in [4.78, 5) is 69.8. The predicted octanol–water partition coefficient (Wildman–Crippen LogP) is 5.61. The number of fused-ring (bicyclic) bond motifs is 2. The van der Waals surface area contributed by atoms with Gasteiger partial charge < -0.3 is 15.0 Å². The fraction of sp³-hybridized carbons (Fsp3) is 0.265. The number of hydrogen-bond donors (Lipinski definition) is 1. The number of ether oxygens (including phenoxy) is 1. The monoisotopic (exact) mass is 710 g/mol. The van der Waals surface area contributed by atoms with Gasteiger partial charge in [0.05, 0.1) is 40.1 Å². The summed E-state index contributed by atoms with van der Waals surface area (Å²) in [6.07, 6.45) is -4.72. The molecule has 15 heteroatoms. The molecular formula is C34H29F3N4O6S2. The van der Waals surface area contributed by atoms with Crippen LogP contribution in [0.1, 0.15) is 39.2 Å². The third-order valence-corrected chi connectivity index (χ3v) is 10.9. The summed E-state index contributed by atoms with van der Waals surface area (Å²) in [5.74, 6) is -4.12. The zero-order chi connectivity index (χ0) is 35.2. The second-order valence-corrected chi connectivity index (χ2v) is 13.6. The number of aromatic nitrogens is 1. The first-order valence-electron chi connectivity index (χ1n) is 15.1. The molecule has 2 aliphatic rings. The minimum Gasteiger partial charge on any atom is -0.462 e. The highest BCUT2D eigenvalue weighted by molar-refractivity contribution is 8.00. The molecule has 6 rings (SSSR count). The molecule has 1 saturated heterocycles. The predicted molar refractivity (Wildman–Crippen MR) is 179 cm³/mol. The zero-order valence-electron chi connectivity index (χ0n) is 26.3. The van der Waals surface area contributed by atoms with Gasteiger partial charge in [-0.3, -0.25) is 23.7 Å². The van der Waals surface area contributed by atoms with Gasteiger partial charge in [-0.2, -0.15) is 13.2 Å². The van der Waals surface area contributed by atoms with Crippen LogP contribution in [0.15, 0.2) is 82.6 Å². The lowest BCUT2D eigenvalue weighted by Gasteiger charge is -2.31. The second kappa shape index (κ2) is 13.2. The number of anilines is 3. The quantitative estimate of drug-likeness (QED) is 0.186. The number of carbonyl (C=O) groups is 4. The van der Waals surface area contributed by atoms with Crippen LogP contribution in [0.5, 0.6) is 0 Å². The standard InChI is InChI=1S/C34H29F3N4O6S2/c1-4-47-32(45)19-11-15-21(16-12-19)41-29(43)26-25(18-9-13-20(14-10-18)39(2)3)28-31(48-27(26)30(41)44)40(33(46)49-28)17-24(42)38-23-8-6-5-7-22(23)34(35,36)37/h5-16,25-27H,4,17H2,1-3H3,(H,38,42)/t25-,26?,27?/m1/s1. The molecule has 2 aliphatic heterocycles. The highest BCUT2D eigenvalue weighted by Crippen LogP contribution is 2.54. The average Bonchev–Trinajstić information content (AvgIpc) is 3.50. The number of hydrogen-bond acceptors (Lipinski definition) is 9. The Morgan fingerprint density at radius 1 is 0.939 bits per heavy atom. The lowest BCUT2D eigenvalue weighted by Crippen LogP contribution is -2.33. The van der Waals surface area contributed by atoms with E-state index in [0.29, 0.717) is 10.4 Å². The van der Waals surface area contributed by atoms with Gasteiger partial charge in [0, 0.05) is 30.6 Å². The summed E-state index contributed by atoms with van der Waals surface area (Å²) >= 11 is 1.81. The van der Waals surface area contributed by atoms with Gasteiger partial charge in [0.1, 0.15) is 11.8 Å². The topological polar surface area (TPSA) is 118 Å². The van der Waals surface area contributed by atoms with E-state index in [9.17, 15) is 37.1 Å². The van der Waals surface area contributed by atoms with Crippen molar-refractivity contribution in [2.45, 2.75) is 35.8 Å². The molecule has 0 bridgehead atoms. The van der Waals surface area contributed by atoms with Gasteiger partial charge >= 0.3 is 17.0 Å². The Bertz CT molecular complexity index is 2010. The van der Waals surface area contributed by atoms with Crippen molar-refractivity contribution in [3.8, 4) is 0 Å². The number of para-hydroxylation sites is 1. The normalized spacial score (nSPS) is 18.6. The Balaban J connectivity index is 1.38. The molecule has 0 spiro atoms. The van der Waals surface area contributed by atoms with E-state index in [1.54, 1.807) is 6.92 Å². The van der Waals surface area contributed by atoms with Crippen molar-refractivity contribution in [2.24, 2.45) is 5.92 Å². The summed E-state index contributed by atoms with van der Waals surface area (Å²) in [6.45, 7) is 1.24. The van der Waals surface area contributed by atoms with Gasteiger partial charge in [0.25, 0.3) is 0 Å². The number of nitrogens with one attached hydrogen (secondary N) is 1. The van der Waals surface area contributed by atoms with Crippen molar-refractivity contribution in [3.63, 3.8) is 0 Å². The SMILES string of the molecule is CCOC(=O)c1ccc(N2C(=O)C3Sc4c(sc(=O)n4CC(=O)Nc4ccccc4C(F)(F)F)[C@H](c4ccc(N(C)C)cc4)C3C2=O)cc1. The Kier molecular flexibility index (Phi) is 9.15. The smallest absolute Gasteiger partial charge is 0.418 e. The van der Waals surface area contributed by atoms with E-state index in [4.69, 9.17) is 4.74 Å². The highest BCUT2D eigenvalue weighted by Gasteiger charge is 2.57. The molecule has 3 amide bonds. The number of thioether (sulfide) groups is 1. The number of rotatable bonds is 8. The summed E-state index contributed by atoms with van der Waals surface area (Å²) in [7, 11) is 3.74. The van der Waals surface area contributed by atoms with Crippen LogP contribution in [0.25, 0.3) is 0 Å². The molecule has 3 atom stereocenters. The molecule has 2 unspecified atom stereocenters. The largest absolute Gasteiger partial charge is 0.462 e. The van der Waals surface area contributed by atoms with Gasteiger partial charge in [-0.15, -0.1) is 0 Å². The van der Waals surface area contributed by atoms with E-state index < -0.39 is 69.6 Å². The molecule has 1 fully saturated rings. The number of amides is 3. The Morgan fingerprint density at radius 2 is 1.61 bits per heavy atom. The van der Waals surface area contributed by atoms with Crippen LogP contribution in [0.2, 0.25) is 0 Å². The molecule has 10 nitrogen and oxygen atoms in total. The third kappa shape index (κ3) is 6.35. The lowest BCUT2D eigenvalue weighted by molar-refractivity contribution is -0.137. The number of imide groups is 1. The van der Waals surface area contributed by atoms with Crippen molar-refractivity contribution < 1.29 is 37.1 Å². The average molecular weight is 711 g/mol. The van der Waals surface area contributed by atoms with Gasteiger partial charge in [-0.1, -0.05) is 47.4 Å². The van der Waals surface area contributed by atoms with Gasteiger partial charge in [-0.05, 0) is 61.0 Å². The van der Waals surface area contributed by atoms with E-state index in [-0.39, 0.29) is 22.9 Å². The number of nitrogens with zero attached hydrogens (tertiary/aromatic N) is 3. The van der Waals surface area contributed by atoms with Crippen molar-refractivity contribution in [1.82, 2.24) is 4.57 Å².